The fourth-order valence-corrected chi connectivity index (χ4v) is 3.01. The third-order valence-corrected chi connectivity index (χ3v) is 4.36. The van der Waals surface area contributed by atoms with Gasteiger partial charge in [0.05, 0.1) is 11.1 Å². The number of carbonyl (C=O) groups excluding carboxylic acids is 1. The molecule has 3 aromatic rings. The zero-order valence-electron chi connectivity index (χ0n) is 14.3. The first-order valence-electron chi connectivity index (χ1n) is 8.49. The number of nitrogens with zero attached hydrogens (tertiary/aromatic N) is 1. The zero-order valence-corrected chi connectivity index (χ0v) is 14.3. The third-order valence-electron chi connectivity index (χ3n) is 4.36. The van der Waals surface area contributed by atoms with E-state index in [0.717, 1.165) is 22.2 Å². The number of amides is 1. The lowest BCUT2D eigenvalue weighted by Crippen LogP contribution is -2.29. The summed E-state index contributed by atoms with van der Waals surface area (Å²) in [6.07, 6.45) is 0.608. The van der Waals surface area contributed by atoms with Gasteiger partial charge in [-0.1, -0.05) is 48.5 Å². The number of para-hydroxylation sites is 1. The number of rotatable bonds is 6. The molecule has 0 saturated carbocycles. The van der Waals surface area contributed by atoms with Crippen LogP contribution >= 0.6 is 0 Å². The van der Waals surface area contributed by atoms with Crippen molar-refractivity contribution in [2.75, 3.05) is 13.2 Å². The summed E-state index contributed by atoms with van der Waals surface area (Å²) < 4.78 is 0. The Morgan fingerprint density at radius 3 is 2.64 bits per heavy atom. The lowest BCUT2D eigenvalue weighted by molar-refractivity contribution is 0.0951. The number of aliphatic hydroxyl groups excluding tert-OH is 1. The number of fused-ring (bicyclic) bond motifs is 1. The van der Waals surface area contributed by atoms with Crippen molar-refractivity contribution in [2.24, 2.45) is 0 Å². The van der Waals surface area contributed by atoms with Crippen molar-refractivity contribution in [3.63, 3.8) is 0 Å². The number of nitrogens with one attached hydrogen (secondary N) is 1. The van der Waals surface area contributed by atoms with Gasteiger partial charge in [-0.3, -0.25) is 9.78 Å². The summed E-state index contributed by atoms with van der Waals surface area (Å²) in [4.78, 5) is 17.2. The van der Waals surface area contributed by atoms with Crippen molar-refractivity contribution >= 4 is 16.8 Å². The number of benzene rings is 2. The summed E-state index contributed by atoms with van der Waals surface area (Å²) in [5, 5.41) is 13.3. The van der Waals surface area contributed by atoms with E-state index in [4.69, 9.17) is 0 Å². The van der Waals surface area contributed by atoms with Crippen LogP contribution in [0, 0.1) is 6.92 Å². The maximum Gasteiger partial charge on any atom is 0.253 e. The van der Waals surface area contributed by atoms with Crippen LogP contribution in [-0.4, -0.2) is 29.1 Å². The van der Waals surface area contributed by atoms with Gasteiger partial charge < -0.3 is 10.4 Å². The minimum Gasteiger partial charge on any atom is -0.396 e. The van der Waals surface area contributed by atoms with Crippen LogP contribution in [0.5, 0.6) is 0 Å². The van der Waals surface area contributed by atoms with E-state index in [-0.39, 0.29) is 18.4 Å². The van der Waals surface area contributed by atoms with Crippen LogP contribution in [-0.2, 0) is 0 Å². The van der Waals surface area contributed by atoms with Crippen LogP contribution in [0.1, 0.15) is 34.0 Å². The molecule has 0 saturated heterocycles. The number of hydrogen-bond donors (Lipinski definition) is 2. The van der Waals surface area contributed by atoms with Gasteiger partial charge in [0, 0.05) is 30.1 Å². The summed E-state index contributed by atoms with van der Waals surface area (Å²) in [6, 6.07) is 19.5. The van der Waals surface area contributed by atoms with Crippen LogP contribution in [0.3, 0.4) is 0 Å². The molecule has 4 nitrogen and oxygen atoms in total. The minimum absolute atomic E-state index is 0.0832. The smallest absolute Gasteiger partial charge is 0.253 e. The Hall–Kier alpha value is -2.72. The van der Waals surface area contributed by atoms with Crippen molar-refractivity contribution in [1.29, 1.82) is 0 Å². The lowest BCUT2D eigenvalue weighted by Gasteiger charge is -2.17. The summed E-state index contributed by atoms with van der Waals surface area (Å²) >= 11 is 0. The highest BCUT2D eigenvalue weighted by molar-refractivity contribution is 6.05. The predicted octanol–water partition coefficient (Wildman–Crippen LogP) is 3.44. The van der Waals surface area contributed by atoms with Crippen molar-refractivity contribution in [3.8, 4) is 0 Å². The van der Waals surface area contributed by atoms with Crippen LogP contribution in [0.4, 0.5) is 0 Å². The third kappa shape index (κ3) is 4.03. The second-order valence-electron chi connectivity index (χ2n) is 6.16. The molecular formula is C21H22N2O2. The number of hydrogen-bond acceptors (Lipinski definition) is 3. The second-order valence-corrected chi connectivity index (χ2v) is 6.16. The van der Waals surface area contributed by atoms with E-state index in [1.165, 1.54) is 0 Å². The molecule has 1 aromatic heterocycles. The van der Waals surface area contributed by atoms with E-state index in [2.05, 4.69) is 10.3 Å². The highest BCUT2D eigenvalue weighted by Gasteiger charge is 2.15. The van der Waals surface area contributed by atoms with Gasteiger partial charge in [-0.25, -0.2) is 0 Å². The standard InChI is InChI=1S/C21H22N2O2/c1-15-10-11-17-8-5-9-19(20(17)23-15)21(25)22-14-18(12-13-24)16-6-3-2-4-7-16/h2-11,18,24H,12-14H2,1H3,(H,22,25). The van der Waals surface area contributed by atoms with Crippen LogP contribution < -0.4 is 5.32 Å². The first-order valence-corrected chi connectivity index (χ1v) is 8.49. The minimum atomic E-state index is -0.137. The molecule has 0 aliphatic rings. The van der Waals surface area contributed by atoms with E-state index >= 15 is 0 Å². The van der Waals surface area contributed by atoms with Crippen molar-refractivity contribution in [1.82, 2.24) is 10.3 Å². The maximum absolute atomic E-state index is 12.7. The van der Waals surface area contributed by atoms with Gasteiger partial charge in [0.25, 0.3) is 5.91 Å². The molecule has 4 heteroatoms. The molecule has 3 rings (SSSR count). The Balaban J connectivity index is 1.79. The van der Waals surface area contributed by atoms with Crippen LogP contribution in [0.25, 0.3) is 10.9 Å². The van der Waals surface area contributed by atoms with Crippen LogP contribution in [0.15, 0.2) is 60.7 Å². The van der Waals surface area contributed by atoms with Crippen molar-refractivity contribution < 1.29 is 9.90 Å². The highest BCUT2D eigenvalue weighted by atomic mass is 16.3. The normalized spacial score (nSPS) is 12.1. The molecule has 0 spiro atoms. The van der Waals surface area contributed by atoms with E-state index in [1.54, 1.807) is 6.07 Å². The molecule has 1 unspecified atom stereocenters. The monoisotopic (exact) mass is 334 g/mol. The second kappa shape index (κ2) is 7.90. The van der Waals surface area contributed by atoms with Gasteiger partial charge in [0.2, 0.25) is 0 Å². The fraction of sp³-hybridized carbons (Fsp3) is 0.238. The van der Waals surface area contributed by atoms with E-state index in [1.807, 2.05) is 61.5 Å². The van der Waals surface area contributed by atoms with Gasteiger partial charge in [0.15, 0.2) is 0 Å². The summed E-state index contributed by atoms with van der Waals surface area (Å²) in [6.45, 7) is 2.48. The molecule has 1 atom stereocenters. The average molecular weight is 334 g/mol. The maximum atomic E-state index is 12.7. The first-order chi connectivity index (χ1) is 12.2. The highest BCUT2D eigenvalue weighted by Crippen LogP contribution is 2.20. The molecule has 2 aromatic carbocycles. The molecule has 1 heterocycles. The Morgan fingerprint density at radius 1 is 1.08 bits per heavy atom. The van der Waals surface area contributed by atoms with Crippen molar-refractivity contribution in [3.05, 3.63) is 77.5 Å². The van der Waals surface area contributed by atoms with E-state index in [9.17, 15) is 9.90 Å². The summed E-state index contributed by atoms with van der Waals surface area (Å²) in [5.41, 5.74) is 3.30. The number of aliphatic hydroxyl groups is 1. The van der Waals surface area contributed by atoms with Crippen molar-refractivity contribution in [2.45, 2.75) is 19.3 Å². The largest absolute Gasteiger partial charge is 0.396 e. The average Bonchev–Trinajstić information content (AvgIpc) is 2.65. The quantitative estimate of drug-likeness (QED) is 0.726. The first kappa shape index (κ1) is 17.1. The Labute approximate surface area is 147 Å². The van der Waals surface area contributed by atoms with Gasteiger partial charge in [-0.05, 0) is 31.0 Å². The van der Waals surface area contributed by atoms with Crippen LogP contribution in [0.2, 0.25) is 0 Å². The molecule has 0 aliphatic heterocycles. The fourth-order valence-electron chi connectivity index (χ4n) is 3.01. The molecular weight excluding hydrogens is 312 g/mol. The summed E-state index contributed by atoms with van der Waals surface area (Å²) in [5.74, 6) is -0.0533. The number of aromatic nitrogens is 1. The van der Waals surface area contributed by atoms with E-state index < -0.39 is 0 Å². The lowest BCUT2D eigenvalue weighted by atomic mass is 9.96. The Kier molecular flexibility index (Phi) is 5.41. The van der Waals surface area contributed by atoms with E-state index in [0.29, 0.717) is 18.5 Å². The zero-order chi connectivity index (χ0) is 17.6. The van der Waals surface area contributed by atoms with Gasteiger partial charge in [-0.2, -0.15) is 0 Å². The molecule has 128 valence electrons. The number of pyridine rings is 1. The SMILES string of the molecule is Cc1ccc2cccc(C(=O)NCC(CCO)c3ccccc3)c2n1. The summed E-state index contributed by atoms with van der Waals surface area (Å²) in [7, 11) is 0. The molecule has 0 radical (unpaired) electrons. The predicted molar refractivity (Wildman–Crippen MR) is 99.7 cm³/mol. The Bertz CT molecular complexity index is 862. The van der Waals surface area contributed by atoms with Gasteiger partial charge >= 0.3 is 0 Å². The number of carbonyl (C=O) groups is 1. The molecule has 0 fully saturated rings. The molecule has 2 N–H and O–H groups in total. The molecule has 1 amide bonds. The topological polar surface area (TPSA) is 62.2 Å². The Morgan fingerprint density at radius 2 is 1.88 bits per heavy atom. The van der Waals surface area contributed by atoms with Gasteiger partial charge in [0.1, 0.15) is 0 Å². The molecule has 0 aliphatic carbocycles. The molecule has 0 bridgehead atoms. The molecule has 25 heavy (non-hydrogen) atoms. The van der Waals surface area contributed by atoms with Gasteiger partial charge in [-0.15, -0.1) is 0 Å². The number of aryl methyl sites for hydroxylation is 1.